The molecule has 0 saturated carbocycles. The number of hydrogen-bond acceptors (Lipinski definition) is 2. The van der Waals surface area contributed by atoms with Gasteiger partial charge in [-0.15, -0.1) is 0 Å². The van der Waals surface area contributed by atoms with Gasteiger partial charge < -0.3 is 0 Å². The van der Waals surface area contributed by atoms with E-state index in [4.69, 9.17) is 11.6 Å². The first-order chi connectivity index (χ1) is 9.38. The summed E-state index contributed by atoms with van der Waals surface area (Å²) in [4.78, 5) is 0.287. The first kappa shape index (κ1) is 15.0. The highest BCUT2D eigenvalue weighted by atomic mass is 35.5. The van der Waals surface area contributed by atoms with Gasteiger partial charge in [-0.25, -0.2) is 13.1 Å². The lowest BCUT2D eigenvalue weighted by atomic mass is 10.1. The van der Waals surface area contributed by atoms with Gasteiger partial charge in [0.15, 0.2) is 0 Å². The molecule has 106 valence electrons. The Balaban J connectivity index is 2.14. The molecular weight excluding hydrogens is 294 g/mol. The third-order valence-corrected chi connectivity index (χ3v) is 4.82. The molecule has 3 nitrogen and oxygen atoms in total. The molecule has 0 aliphatic carbocycles. The average molecular weight is 310 g/mol. The Kier molecular flexibility index (Phi) is 4.48. The lowest BCUT2D eigenvalue weighted by Crippen LogP contribution is -2.23. The lowest BCUT2D eigenvalue weighted by molar-refractivity contribution is 0.581. The average Bonchev–Trinajstić information content (AvgIpc) is 2.41. The molecule has 0 aliphatic heterocycles. The predicted octanol–water partition coefficient (Wildman–Crippen LogP) is 3.44. The molecule has 0 bridgehead atoms. The van der Waals surface area contributed by atoms with Crippen molar-refractivity contribution in [1.29, 1.82) is 0 Å². The standard InChI is InChI=1S/C15H16ClNO2S/c1-11-3-8-15(9-12(11)2)20(18,19)17-10-13-4-6-14(16)7-5-13/h3-9,17H,10H2,1-2H3. The molecule has 2 aromatic carbocycles. The van der Waals surface area contributed by atoms with Gasteiger partial charge in [-0.2, -0.15) is 0 Å². The van der Waals surface area contributed by atoms with Crippen LogP contribution in [0.15, 0.2) is 47.4 Å². The molecule has 0 spiro atoms. The van der Waals surface area contributed by atoms with Crippen LogP contribution in [0, 0.1) is 13.8 Å². The second-order valence-corrected chi connectivity index (χ2v) is 6.90. The molecule has 1 N–H and O–H groups in total. The number of aryl methyl sites for hydroxylation is 2. The highest BCUT2D eigenvalue weighted by Gasteiger charge is 2.14. The van der Waals surface area contributed by atoms with E-state index in [1.165, 1.54) is 0 Å². The van der Waals surface area contributed by atoms with Crippen molar-refractivity contribution in [2.45, 2.75) is 25.3 Å². The smallest absolute Gasteiger partial charge is 0.207 e. The Morgan fingerprint density at radius 1 is 1.00 bits per heavy atom. The van der Waals surface area contributed by atoms with Crippen molar-refractivity contribution in [3.8, 4) is 0 Å². The molecule has 2 aromatic rings. The van der Waals surface area contributed by atoms with Crippen LogP contribution in [0.4, 0.5) is 0 Å². The maximum absolute atomic E-state index is 12.2. The van der Waals surface area contributed by atoms with E-state index in [0.717, 1.165) is 16.7 Å². The van der Waals surface area contributed by atoms with Gasteiger partial charge in [0.25, 0.3) is 0 Å². The molecule has 0 atom stereocenters. The zero-order chi connectivity index (χ0) is 14.8. The topological polar surface area (TPSA) is 46.2 Å². The molecule has 0 radical (unpaired) electrons. The fourth-order valence-corrected chi connectivity index (χ4v) is 2.97. The maximum Gasteiger partial charge on any atom is 0.240 e. The summed E-state index contributed by atoms with van der Waals surface area (Å²) in [5.74, 6) is 0. The SMILES string of the molecule is Cc1ccc(S(=O)(=O)NCc2ccc(Cl)cc2)cc1C. The number of halogens is 1. The lowest BCUT2D eigenvalue weighted by Gasteiger charge is -2.09. The van der Waals surface area contributed by atoms with Gasteiger partial charge in [-0.05, 0) is 54.8 Å². The van der Waals surface area contributed by atoms with E-state index in [2.05, 4.69) is 4.72 Å². The summed E-state index contributed by atoms with van der Waals surface area (Å²) in [5.41, 5.74) is 2.89. The maximum atomic E-state index is 12.2. The summed E-state index contributed by atoms with van der Waals surface area (Å²) < 4.78 is 27.0. The van der Waals surface area contributed by atoms with Crippen molar-refractivity contribution in [2.24, 2.45) is 0 Å². The van der Waals surface area contributed by atoms with Crippen molar-refractivity contribution < 1.29 is 8.42 Å². The van der Waals surface area contributed by atoms with Crippen LogP contribution in [0.3, 0.4) is 0 Å². The fourth-order valence-electron chi connectivity index (χ4n) is 1.75. The minimum absolute atomic E-state index is 0.242. The summed E-state index contributed by atoms with van der Waals surface area (Å²) in [6.07, 6.45) is 0. The number of nitrogens with one attached hydrogen (secondary N) is 1. The molecule has 0 unspecified atom stereocenters. The number of benzene rings is 2. The summed E-state index contributed by atoms with van der Waals surface area (Å²) in [5, 5.41) is 0.630. The summed E-state index contributed by atoms with van der Waals surface area (Å²) >= 11 is 5.79. The van der Waals surface area contributed by atoms with Crippen LogP contribution in [0.5, 0.6) is 0 Å². The number of rotatable bonds is 4. The first-order valence-corrected chi connectivity index (χ1v) is 8.06. The van der Waals surface area contributed by atoms with Gasteiger partial charge in [0.2, 0.25) is 10.0 Å². The van der Waals surface area contributed by atoms with E-state index in [1.807, 2.05) is 19.9 Å². The van der Waals surface area contributed by atoms with Gasteiger partial charge >= 0.3 is 0 Å². The van der Waals surface area contributed by atoms with Crippen molar-refractivity contribution in [3.05, 3.63) is 64.2 Å². The Bertz CT molecular complexity index is 709. The van der Waals surface area contributed by atoms with Crippen LogP contribution in [0.1, 0.15) is 16.7 Å². The second-order valence-electron chi connectivity index (χ2n) is 4.70. The van der Waals surface area contributed by atoms with Crippen LogP contribution in [0.2, 0.25) is 5.02 Å². The van der Waals surface area contributed by atoms with Gasteiger partial charge in [-0.3, -0.25) is 0 Å². The molecule has 5 heteroatoms. The zero-order valence-electron chi connectivity index (χ0n) is 11.4. The summed E-state index contributed by atoms with van der Waals surface area (Å²) in [6, 6.07) is 12.2. The van der Waals surface area contributed by atoms with Crippen LogP contribution in [-0.4, -0.2) is 8.42 Å². The highest BCUT2D eigenvalue weighted by Crippen LogP contribution is 2.15. The normalized spacial score (nSPS) is 11.6. The van der Waals surface area contributed by atoms with Crippen molar-refractivity contribution in [1.82, 2.24) is 4.72 Å². The summed E-state index contributed by atoms with van der Waals surface area (Å²) in [6.45, 7) is 4.09. The highest BCUT2D eigenvalue weighted by molar-refractivity contribution is 7.89. The van der Waals surface area contributed by atoms with Gasteiger partial charge in [0, 0.05) is 11.6 Å². The third-order valence-electron chi connectivity index (χ3n) is 3.17. The number of sulfonamides is 1. The monoisotopic (exact) mass is 309 g/mol. The molecule has 2 rings (SSSR count). The van der Waals surface area contributed by atoms with E-state index in [-0.39, 0.29) is 11.4 Å². The van der Waals surface area contributed by atoms with Gasteiger partial charge in [-0.1, -0.05) is 29.8 Å². The molecule has 0 amide bonds. The molecule has 20 heavy (non-hydrogen) atoms. The molecular formula is C15H16ClNO2S. The van der Waals surface area contributed by atoms with Crippen LogP contribution >= 0.6 is 11.6 Å². The minimum Gasteiger partial charge on any atom is -0.207 e. The first-order valence-electron chi connectivity index (χ1n) is 6.20. The Hall–Kier alpha value is -1.36. The molecule has 0 aromatic heterocycles. The fraction of sp³-hybridized carbons (Fsp3) is 0.200. The van der Waals surface area contributed by atoms with E-state index >= 15 is 0 Å². The molecule has 0 fully saturated rings. The van der Waals surface area contributed by atoms with Crippen molar-refractivity contribution >= 4 is 21.6 Å². The van der Waals surface area contributed by atoms with E-state index < -0.39 is 10.0 Å². The van der Waals surface area contributed by atoms with Crippen LogP contribution in [-0.2, 0) is 16.6 Å². The van der Waals surface area contributed by atoms with E-state index in [9.17, 15) is 8.42 Å². The van der Waals surface area contributed by atoms with Crippen LogP contribution in [0.25, 0.3) is 0 Å². The molecule has 0 heterocycles. The van der Waals surface area contributed by atoms with E-state index in [1.54, 1.807) is 36.4 Å². The van der Waals surface area contributed by atoms with Crippen molar-refractivity contribution in [3.63, 3.8) is 0 Å². The predicted molar refractivity (Wildman–Crippen MR) is 81.4 cm³/mol. The Labute approximate surface area is 124 Å². The van der Waals surface area contributed by atoms with Gasteiger partial charge in [0.05, 0.1) is 4.90 Å². The number of hydrogen-bond donors (Lipinski definition) is 1. The van der Waals surface area contributed by atoms with Crippen LogP contribution < -0.4 is 4.72 Å². The second kappa shape index (κ2) is 5.95. The molecule has 0 saturated heterocycles. The quantitative estimate of drug-likeness (QED) is 0.940. The zero-order valence-corrected chi connectivity index (χ0v) is 12.9. The minimum atomic E-state index is -3.49. The van der Waals surface area contributed by atoms with Crippen molar-refractivity contribution in [2.75, 3.05) is 0 Å². The third kappa shape index (κ3) is 3.60. The van der Waals surface area contributed by atoms with Gasteiger partial charge in [0.1, 0.15) is 0 Å². The Morgan fingerprint density at radius 3 is 2.25 bits per heavy atom. The van der Waals surface area contributed by atoms with E-state index in [0.29, 0.717) is 5.02 Å². The molecule has 0 aliphatic rings. The summed E-state index contributed by atoms with van der Waals surface area (Å²) in [7, 11) is -3.49. The largest absolute Gasteiger partial charge is 0.240 e. The Morgan fingerprint density at radius 2 is 1.65 bits per heavy atom.